The quantitative estimate of drug-likeness (QED) is 0.838. The number of benzene rings is 1. The summed E-state index contributed by atoms with van der Waals surface area (Å²) >= 11 is 5.78. The lowest BCUT2D eigenvalue weighted by Crippen LogP contribution is -2.57. The number of alkyl halides is 2. The van der Waals surface area contributed by atoms with Crippen LogP contribution in [0.2, 0.25) is 5.02 Å². The van der Waals surface area contributed by atoms with Crippen LogP contribution in [-0.2, 0) is 4.79 Å². The number of hydrogen-bond acceptors (Lipinski definition) is 2. The Morgan fingerprint density at radius 3 is 2.20 bits per heavy atom. The van der Waals surface area contributed by atoms with E-state index in [9.17, 15) is 13.6 Å². The van der Waals surface area contributed by atoms with Gasteiger partial charge in [-0.1, -0.05) is 37.6 Å². The van der Waals surface area contributed by atoms with E-state index in [4.69, 9.17) is 11.6 Å². The molecule has 2 nitrogen and oxygen atoms in total. The lowest BCUT2D eigenvalue weighted by molar-refractivity contribution is -0.137. The first-order chi connectivity index (χ1) is 9.37. The lowest BCUT2D eigenvalue weighted by Gasteiger charge is -2.40. The van der Waals surface area contributed by atoms with Crippen LogP contribution < -0.4 is 0 Å². The van der Waals surface area contributed by atoms with Gasteiger partial charge in [-0.15, -0.1) is 0 Å². The Balaban J connectivity index is 0.000000956. The van der Waals surface area contributed by atoms with Gasteiger partial charge < -0.3 is 0 Å². The fraction of sp³-hybridized carbons (Fsp3) is 0.533. The zero-order valence-corrected chi connectivity index (χ0v) is 12.8. The normalized spacial score (nSPS) is 18.5. The molecular formula is C15H20ClF2NO. The molecule has 1 fully saturated rings. The van der Waals surface area contributed by atoms with Crippen LogP contribution in [0, 0.1) is 0 Å². The zero-order valence-electron chi connectivity index (χ0n) is 12.0. The average molecular weight is 304 g/mol. The van der Waals surface area contributed by atoms with Gasteiger partial charge in [0.25, 0.3) is 5.92 Å². The minimum absolute atomic E-state index is 0.0208. The number of carbonyl (C=O) groups excluding carboxylic acids is 1. The fourth-order valence-corrected chi connectivity index (χ4v) is 2.29. The first-order valence-electron chi connectivity index (χ1n) is 6.73. The van der Waals surface area contributed by atoms with Gasteiger partial charge in [0.1, 0.15) is 5.78 Å². The Morgan fingerprint density at radius 1 is 1.30 bits per heavy atom. The summed E-state index contributed by atoms with van der Waals surface area (Å²) in [7, 11) is 0. The summed E-state index contributed by atoms with van der Waals surface area (Å²) in [4.78, 5) is 13.2. The number of likely N-dealkylation sites (tertiary alicyclic amines) is 1. The largest absolute Gasteiger partial charge is 0.299 e. The highest BCUT2D eigenvalue weighted by atomic mass is 35.5. The van der Waals surface area contributed by atoms with E-state index < -0.39 is 5.92 Å². The maximum Gasteiger partial charge on any atom is 0.272 e. The first-order valence-corrected chi connectivity index (χ1v) is 7.11. The molecule has 2 rings (SSSR count). The molecule has 5 heteroatoms. The van der Waals surface area contributed by atoms with Crippen molar-refractivity contribution in [3.63, 3.8) is 0 Å². The number of hydrogen-bond donors (Lipinski definition) is 0. The molecule has 1 aromatic carbocycles. The van der Waals surface area contributed by atoms with Crippen molar-refractivity contribution in [2.45, 2.75) is 32.6 Å². The highest BCUT2D eigenvalue weighted by Crippen LogP contribution is 2.30. The van der Waals surface area contributed by atoms with E-state index in [2.05, 4.69) is 0 Å². The van der Waals surface area contributed by atoms with Crippen LogP contribution >= 0.6 is 11.6 Å². The molecule has 0 N–H and O–H groups in total. The summed E-state index contributed by atoms with van der Waals surface area (Å²) < 4.78 is 25.5. The van der Waals surface area contributed by atoms with Crippen LogP contribution in [0.15, 0.2) is 24.3 Å². The summed E-state index contributed by atoms with van der Waals surface area (Å²) in [6, 6.07) is 6.95. The van der Waals surface area contributed by atoms with E-state index in [0.717, 1.165) is 5.56 Å². The maximum absolute atomic E-state index is 12.8. The van der Waals surface area contributed by atoms with E-state index in [1.807, 2.05) is 13.8 Å². The predicted octanol–water partition coefficient (Wildman–Crippen LogP) is 3.99. The Hall–Kier alpha value is -1.00. The third kappa shape index (κ3) is 4.53. The second-order valence-electron chi connectivity index (χ2n) is 4.74. The molecule has 112 valence electrons. The van der Waals surface area contributed by atoms with Crippen LogP contribution in [-0.4, -0.2) is 36.2 Å². The van der Waals surface area contributed by atoms with Crippen molar-refractivity contribution in [2.24, 2.45) is 0 Å². The molecular weight excluding hydrogens is 284 g/mol. The monoisotopic (exact) mass is 303 g/mol. The Bertz CT molecular complexity index is 440. The van der Waals surface area contributed by atoms with Gasteiger partial charge in [0.05, 0.1) is 19.0 Å². The molecule has 20 heavy (non-hydrogen) atoms. The Morgan fingerprint density at radius 2 is 1.80 bits per heavy atom. The Kier molecular flexibility index (Phi) is 6.08. The van der Waals surface area contributed by atoms with Gasteiger partial charge in [0.2, 0.25) is 0 Å². The van der Waals surface area contributed by atoms with Crippen molar-refractivity contribution in [2.75, 3.05) is 19.6 Å². The summed E-state index contributed by atoms with van der Waals surface area (Å²) in [6.45, 7) is 5.30. The molecule has 0 saturated carbocycles. The second-order valence-corrected chi connectivity index (χ2v) is 5.18. The van der Waals surface area contributed by atoms with E-state index in [-0.39, 0.29) is 24.8 Å². The smallest absolute Gasteiger partial charge is 0.272 e. The first kappa shape index (κ1) is 17.1. The highest BCUT2D eigenvalue weighted by Gasteiger charge is 2.44. The highest BCUT2D eigenvalue weighted by molar-refractivity contribution is 6.30. The molecule has 0 aliphatic carbocycles. The molecule has 1 unspecified atom stereocenters. The number of halogens is 3. The fourth-order valence-electron chi connectivity index (χ4n) is 2.16. The van der Waals surface area contributed by atoms with Gasteiger partial charge in [-0.2, -0.15) is 0 Å². The van der Waals surface area contributed by atoms with Gasteiger partial charge in [0.15, 0.2) is 0 Å². The van der Waals surface area contributed by atoms with Crippen molar-refractivity contribution >= 4 is 17.4 Å². The molecule has 1 heterocycles. The topological polar surface area (TPSA) is 20.3 Å². The standard InChI is InChI=1S/C13H14ClF2NO.C2H6/c1-9(18)12(6-17-7-13(15,16)8-17)10-2-4-11(14)5-3-10;1-2/h2-5,12H,6-8H2,1H3;1-2H3. The van der Waals surface area contributed by atoms with Crippen LogP contribution in [0.1, 0.15) is 32.3 Å². The van der Waals surface area contributed by atoms with Crippen molar-refractivity contribution in [3.05, 3.63) is 34.9 Å². The average Bonchev–Trinajstić information content (AvgIpc) is 2.37. The minimum atomic E-state index is -2.60. The predicted molar refractivity (Wildman–Crippen MR) is 77.6 cm³/mol. The third-order valence-electron chi connectivity index (χ3n) is 3.11. The van der Waals surface area contributed by atoms with Gasteiger partial charge in [-0.25, -0.2) is 8.78 Å². The molecule has 1 aliphatic rings. The molecule has 0 aromatic heterocycles. The summed E-state index contributed by atoms with van der Waals surface area (Å²) in [5, 5.41) is 0.594. The van der Waals surface area contributed by atoms with E-state index >= 15 is 0 Å². The van der Waals surface area contributed by atoms with Gasteiger partial charge in [-0.3, -0.25) is 9.69 Å². The SMILES string of the molecule is CC.CC(=O)C(CN1CC(F)(F)C1)c1ccc(Cl)cc1. The number of rotatable bonds is 4. The molecule has 1 saturated heterocycles. The third-order valence-corrected chi connectivity index (χ3v) is 3.37. The Labute approximate surface area is 123 Å². The summed E-state index contributed by atoms with van der Waals surface area (Å²) in [5.74, 6) is -2.98. The second kappa shape index (κ2) is 7.14. The van der Waals surface area contributed by atoms with Crippen molar-refractivity contribution in [3.8, 4) is 0 Å². The number of Topliss-reactive ketones (excluding diaryl/α,β-unsaturated/α-hetero) is 1. The summed E-state index contributed by atoms with van der Waals surface area (Å²) in [6.07, 6.45) is 0. The molecule has 0 amide bonds. The maximum atomic E-state index is 12.8. The van der Waals surface area contributed by atoms with Crippen LogP contribution in [0.25, 0.3) is 0 Å². The number of ketones is 1. The molecule has 1 aromatic rings. The number of nitrogens with zero attached hydrogens (tertiary/aromatic N) is 1. The van der Waals surface area contributed by atoms with E-state index in [1.54, 1.807) is 29.2 Å². The van der Waals surface area contributed by atoms with Gasteiger partial charge in [0, 0.05) is 11.6 Å². The summed E-state index contributed by atoms with van der Waals surface area (Å²) in [5.41, 5.74) is 0.821. The zero-order chi connectivity index (χ0) is 15.3. The van der Waals surface area contributed by atoms with Crippen LogP contribution in [0.4, 0.5) is 8.78 Å². The minimum Gasteiger partial charge on any atom is -0.299 e. The van der Waals surface area contributed by atoms with Gasteiger partial charge >= 0.3 is 0 Å². The molecule has 0 radical (unpaired) electrons. The van der Waals surface area contributed by atoms with Crippen LogP contribution in [0.5, 0.6) is 0 Å². The molecule has 0 bridgehead atoms. The van der Waals surface area contributed by atoms with Crippen molar-refractivity contribution in [1.29, 1.82) is 0 Å². The molecule has 0 spiro atoms. The van der Waals surface area contributed by atoms with E-state index in [1.165, 1.54) is 6.92 Å². The van der Waals surface area contributed by atoms with Crippen molar-refractivity contribution in [1.82, 2.24) is 4.90 Å². The van der Waals surface area contributed by atoms with Crippen LogP contribution in [0.3, 0.4) is 0 Å². The van der Waals surface area contributed by atoms with Crippen molar-refractivity contribution < 1.29 is 13.6 Å². The lowest BCUT2D eigenvalue weighted by atomic mass is 9.93. The molecule has 1 atom stereocenters. The number of carbonyl (C=O) groups is 1. The van der Waals surface area contributed by atoms with Gasteiger partial charge in [-0.05, 0) is 24.6 Å². The molecule has 1 aliphatic heterocycles. The van der Waals surface area contributed by atoms with E-state index in [0.29, 0.717) is 11.6 Å².